The second-order valence-electron chi connectivity index (χ2n) is 4.63. The molecule has 2 heterocycles. The number of aromatic nitrogens is 1. The highest BCUT2D eigenvalue weighted by Gasteiger charge is 2.21. The van der Waals surface area contributed by atoms with Crippen molar-refractivity contribution in [3.05, 3.63) is 32.8 Å². The van der Waals surface area contributed by atoms with Gasteiger partial charge in [-0.05, 0) is 50.4 Å². The number of hydrogen-bond donors (Lipinski definition) is 2. The normalized spacial score (nSPS) is 18.8. The number of nitrogens with zero attached hydrogens (tertiary/aromatic N) is 2. The van der Waals surface area contributed by atoms with E-state index < -0.39 is 0 Å². The second-order valence-corrected chi connectivity index (χ2v) is 6.34. The first-order valence-corrected chi connectivity index (χ1v) is 7.79. The quantitative estimate of drug-likeness (QED) is 0.812. The minimum absolute atomic E-state index is 0.152. The predicted molar refractivity (Wildman–Crippen MR) is 86.8 cm³/mol. The Kier molecular flexibility index (Phi) is 3.64. The molecule has 1 aliphatic heterocycles. The van der Waals surface area contributed by atoms with Crippen LogP contribution >= 0.6 is 31.9 Å². The first-order valence-electron chi connectivity index (χ1n) is 6.21. The Morgan fingerprint density at radius 1 is 1.40 bits per heavy atom. The summed E-state index contributed by atoms with van der Waals surface area (Å²) in [6.45, 7) is 0.737. The van der Waals surface area contributed by atoms with Gasteiger partial charge in [0.15, 0.2) is 5.96 Å². The van der Waals surface area contributed by atoms with Crippen molar-refractivity contribution in [1.29, 1.82) is 0 Å². The topological polar surface area (TPSA) is 64.6 Å². The van der Waals surface area contributed by atoms with Gasteiger partial charge in [-0.15, -0.1) is 0 Å². The summed E-state index contributed by atoms with van der Waals surface area (Å²) in [6.07, 6.45) is 2.91. The average molecular weight is 402 g/mol. The van der Waals surface area contributed by atoms with Crippen LogP contribution in [0.4, 0.5) is 0 Å². The lowest BCUT2D eigenvalue weighted by molar-refractivity contribution is 0.178. The lowest BCUT2D eigenvalue weighted by Gasteiger charge is -2.22. The summed E-state index contributed by atoms with van der Waals surface area (Å²) in [7, 11) is 1.66. The van der Waals surface area contributed by atoms with Crippen LogP contribution in [0.2, 0.25) is 0 Å². The Morgan fingerprint density at radius 3 is 2.85 bits per heavy atom. The molecule has 3 N–H and O–H groups in total. The number of hydrogen-bond acceptors (Lipinski definition) is 4. The highest BCUT2D eigenvalue weighted by Crippen LogP contribution is 2.34. The van der Waals surface area contributed by atoms with Crippen LogP contribution in [0.15, 0.2) is 32.3 Å². The summed E-state index contributed by atoms with van der Waals surface area (Å²) < 4.78 is 3.77. The molecule has 1 atom stereocenters. The summed E-state index contributed by atoms with van der Waals surface area (Å²) in [4.78, 5) is 9.58. The Bertz CT molecular complexity index is 695. The third-order valence-corrected chi connectivity index (χ3v) is 5.28. The summed E-state index contributed by atoms with van der Waals surface area (Å²) >= 11 is 7.08. The smallest absolute Gasteiger partial charge is 0.189 e. The van der Waals surface area contributed by atoms with E-state index in [9.17, 15) is 0 Å². The average Bonchev–Trinajstić information content (AvgIpc) is 2.77. The molecule has 20 heavy (non-hydrogen) atoms. The second kappa shape index (κ2) is 5.29. The standard InChI is InChI=1S/C13H14Br2N4O/c1-20-19-6-8(11-2-3-17-13(16)18-11)7-4-9(14)10(15)5-12(7)19/h4-6,11H,2-3H2,1H3,(H3,16,17,18)/t11-/m1/s1. The maximum absolute atomic E-state index is 5.78. The molecule has 0 saturated carbocycles. The minimum atomic E-state index is 0.152. The van der Waals surface area contributed by atoms with Crippen LogP contribution in [0, 0.1) is 0 Å². The molecule has 2 aromatic rings. The molecule has 0 amide bonds. The van der Waals surface area contributed by atoms with Gasteiger partial charge in [-0.3, -0.25) is 4.99 Å². The molecular formula is C13H14Br2N4O. The van der Waals surface area contributed by atoms with Gasteiger partial charge < -0.3 is 15.9 Å². The highest BCUT2D eigenvalue weighted by atomic mass is 79.9. The molecular weight excluding hydrogens is 388 g/mol. The van der Waals surface area contributed by atoms with E-state index in [1.165, 1.54) is 0 Å². The fourth-order valence-corrected chi connectivity index (χ4v) is 3.16. The van der Waals surface area contributed by atoms with E-state index in [1.54, 1.807) is 11.8 Å². The molecule has 106 valence electrons. The van der Waals surface area contributed by atoms with Crippen molar-refractivity contribution >= 4 is 48.7 Å². The Hall–Kier alpha value is -1.21. The minimum Gasteiger partial charge on any atom is -0.417 e. The number of benzene rings is 1. The van der Waals surface area contributed by atoms with Crippen LogP contribution in [0.25, 0.3) is 10.9 Å². The molecule has 1 aliphatic rings. The van der Waals surface area contributed by atoms with Gasteiger partial charge in [-0.1, -0.05) is 0 Å². The monoisotopic (exact) mass is 400 g/mol. The molecule has 0 bridgehead atoms. The molecule has 0 saturated heterocycles. The lowest BCUT2D eigenvalue weighted by atomic mass is 10.0. The van der Waals surface area contributed by atoms with Gasteiger partial charge >= 0.3 is 0 Å². The largest absolute Gasteiger partial charge is 0.417 e. The molecule has 5 nitrogen and oxygen atoms in total. The van der Waals surface area contributed by atoms with Crippen molar-refractivity contribution in [3.8, 4) is 0 Å². The zero-order valence-electron chi connectivity index (χ0n) is 10.9. The summed E-state index contributed by atoms with van der Waals surface area (Å²) in [5.41, 5.74) is 7.96. The van der Waals surface area contributed by atoms with E-state index in [0.717, 1.165) is 38.4 Å². The van der Waals surface area contributed by atoms with Crippen LogP contribution in [-0.4, -0.2) is 24.3 Å². The van der Waals surface area contributed by atoms with E-state index in [0.29, 0.717) is 5.96 Å². The molecule has 0 spiro atoms. The van der Waals surface area contributed by atoms with E-state index >= 15 is 0 Å². The molecule has 0 unspecified atom stereocenters. The van der Waals surface area contributed by atoms with Gasteiger partial charge in [0.25, 0.3) is 0 Å². The molecule has 0 aliphatic carbocycles. The van der Waals surface area contributed by atoms with Crippen LogP contribution in [0.1, 0.15) is 18.0 Å². The van der Waals surface area contributed by atoms with E-state index in [-0.39, 0.29) is 6.04 Å². The molecule has 0 fully saturated rings. The summed E-state index contributed by atoms with van der Waals surface area (Å²) in [5.74, 6) is 0.496. The zero-order valence-corrected chi connectivity index (χ0v) is 14.0. The number of nitrogens with one attached hydrogen (secondary N) is 1. The number of guanidine groups is 1. The number of fused-ring (bicyclic) bond motifs is 1. The predicted octanol–water partition coefficient (Wildman–Crippen LogP) is 2.57. The Labute approximate surface area is 133 Å². The van der Waals surface area contributed by atoms with Gasteiger partial charge in [-0.25, -0.2) is 0 Å². The number of rotatable bonds is 2. The van der Waals surface area contributed by atoms with E-state index in [1.807, 2.05) is 12.3 Å². The van der Waals surface area contributed by atoms with Crippen LogP contribution in [-0.2, 0) is 0 Å². The first-order chi connectivity index (χ1) is 9.60. The summed E-state index contributed by atoms with van der Waals surface area (Å²) in [6, 6.07) is 4.28. The number of halogens is 2. The highest BCUT2D eigenvalue weighted by molar-refractivity contribution is 9.13. The van der Waals surface area contributed by atoms with Crippen molar-refractivity contribution in [2.45, 2.75) is 12.5 Å². The van der Waals surface area contributed by atoms with E-state index in [2.05, 4.69) is 48.2 Å². The third kappa shape index (κ3) is 2.29. The van der Waals surface area contributed by atoms with Crippen LogP contribution < -0.4 is 15.9 Å². The van der Waals surface area contributed by atoms with Crippen molar-refractivity contribution in [1.82, 2.24) is 10.0 Å². The SMILES string of the molecule is COn1cc([C@H]2CCN=C(N)N2)c2cc(Br)c(Br)cc21. The Morgan fingerprint density at radius 2 is 2.15 bits per heavy atom. The molecule has 7 heteroatoms. The summed E-state index contributed by atoms with van der Waals surface area (Å²) in [5, 5.41) is 4.36. The Balaban J connectivity index is 2.15. The number of aliphatic imine (C=N–C) groups is 1. The lowest BCUT2D eigenvalue weighted by Crippen LogP contribution is -2.38. The third-order valence-electron chi connectivity index (χ3n) is 3.44. The van der Waals surface area contributed by atoms with Crippen molar-refractivity contribution in [3.63, 3.8) is 0 Å². The first kappa shape index (κ1) is 13.8. The molecule has 0 radical (unpaired) electrons. The van der Waals surface area contributed by atoms with Crippen molar-refractivity contribution in [2.75, 3.05) is 13.7 Å². The van der Waals surface area contributed by atoms with Gasteiger partial charge in [0.1, 0.15) is 7.11 Å². The maximum Gasteiger partial charge on any atom is 0.189 e. The van der Waals surface area contributed by atoms with Gasteiger partial charge in [-0.2, -0.15) is 4.73 Å². The molecule has 1 aromatic heterocycles. The fourth-order valence-electron chi connectivity index (χ4n) is 2.49. The fraction of sp³-hybridized carbons (Fsp3) is 0.308. The van der Waals surface area contributed by atoms with Crippen molar-refractivity contribution in [2.24, 2.45) is 10.7 Å². The zero-order chi connectivity index (χ0) is 14.3. The molecule has 1 aromatic carbocycles. The van der Waals surface area contributed by atoms with Crippen LogP contribution in [0.5, 0.6) is 0 Å². The maximum atomic E-state index is 5.78. The molecule has 3 rings (SSSR count). The van der Waals surface area contributed by atoms with Crippen molar-refractivity contribution < 1.29 is 4.84 Å². The van der Waals surface area contributed by atoms with E-state index in [4.69, 9.17) is 10.6 Å². The number of nitrogens with two attached hydrogens (primary N) is 1. The van der Waals surface area contributed by atoms with Gasteiger partial charge in [0.05, 0.1) is 17.8 Å². The van der Waals surface area contributed by atoms with Crippen LogP contribution in [0.3, 0.4) is 0 Å². The van der Waals surface area contributed by atoms with Gasteiger partial charge in [0, 0.05) is 26.4 Å². The van der Waals surface area contributed by atoms with Gasteiger partial charge in [0.2, 0.25) is 0 Å².